The van der Waals surface area contributed by atoms with Crippen LogP contribution in [-0.2, 0) is 0 Å². The fourth-order valence-electron chi connectivity index (χ4n) is 3.81. The molecule has 0 aliphatic carbocycles. The van der Waals surface area contributed by atoms with Gasteiger partial charge in [-0.05, 0) is 64.2 Å². The van der Waals surface area contributed by atoms with Gasteiger partial charge in [0.15, 0.2) is 0 Å². The molecule has 2 aliphatic rings. The molecular weight excluding hydrogens is 272 g/mol. The van der Waals surface area contributed by atoms with Crippen molar-refractivity contribution in [3.8, 4) is 0 Å². The number of hydrogen-bond acceptors (Lipinski definition) is 2. The Labute approximate surface area is 118 Å². The van der Waals surface area contributed by atoms with Gasteiger partial charge >= 0.3 is 0 Å². The molecule has 0 unspecified atom stereocenters. The van der Waals surface area contributed by atoms with Crippen LogP contribution in [0.1, 0.15) is 53.4 Å². The van der Waals surface area contributed by atoms with E-state index in [2.05, 4.69) is 43.1 Å². The summed E-state index contributed by atoms with van der Waals surface area (Å²) < 4.78 is 0. The molecule has 3 heterocycles. The Bertz CT molecular complexity index is 389. The Balaban J connectivity index is 1.94. The highest BCUT2D eigenvalue weighted by molar-refractivity contribution is 7.73. The molecule has 2 saturated heterocycles. The Kier molecular flexibility index (Phi) is 3.98. The van der Waals surface area contributed by atoms with Crippen molar-refractivity contribution in [2.45, 2.75) is 76.0 Å². The highest BCUT2D eigenvalue weighted by Gasteiger charge is 2.40. The average Bonchev–Trinajstić information content (AvgIpc) is 3.02. The second-order valence-corrected chi connectivity index (χ2v) is 12.4. The summed E-state index contributed by atoms with van der Waals surface area (Å²) in [6, 6.07) is 0. The summed E-state index contributed by atoms with van der Waals surface area (Å²) in [5.41, 5.74) is 6.19. The highest BCUT2D eigenvalue weighted by Crippen LogP contribution is 2.58. The smallest absolute Gasteiger partial charge is 0.113 e. The Hall–Kier alpha value is -0.0000000000000000555. The van der Waals surface area contributed by atoms with Crippen LogP contribution in [-0.4, -0.2) is 38.0 Å². The SMILES string of the molecule is C[C@@H]1CC[C@@H](C)P1c1nn[nH]c1P1[C@H](C)CC[C@H]1C. The van der Waals surface area contributed by atoms with E-state index >= 15 is 0 Å². The zero-order chi connectivity index (χ0) is 13.6. The van der Waals surface area contributed by atoms with Crippen molar-refractivity contribution in [3.05, 3.63) is 0 Å². The van der Waals surface area contributed by atoms with Gasteiger partial charge in [0.1, 0.15) is 5.44 Å². The summed E-state index contributed by atoms with van der Waals surface area (Å²) in [7, 11) is -0.154. The molecule has 1 N–H and O–H groups in total. The molecule has 3 nitrogen and oxygen atoms in total. The minimum absolute atomic E-state index is 0.0650. The molecule has 5 heteroatoms. The van der Waals surface area contributed by atoms with Crippen LogP contribution in [0.3, 0.4) is 0 Å². The first-order valence-electron chi connectivity index (χ1n) is 7.57. The van der Waals surface area contributed by atoms with Crippen LogP contribution in [0.5, 0.6) is 0 Å². The molecule has 1 aromatic rings. The van der Waals surface area contributed by atoms with Crippen LogP contribution in [0.15, 0.2) is 0 Å². The summed E-state index contributed by atoms with van der Waals surface area (Å²) in [6.45, 7) is 9.69. The molecule has 0 aromatic carbocycles. The van der Waals surface area contributed by atoms with Gasteiger partial charge in [-0.15, -0.1) is 5.10 Å². The predicted octanol–water partition coefficient (Wildman–Crippen LogP) is 3.16. The van der Waals surface area contributed by atoms with Gasteiger partial charge in [0.2, 0.25) is 0 Å². The monoisotopic (exact) mass is 297 g/mol. The van der Waals surface area contributed by atoms with Gasteiger partial charge in [0.05, 0.1) is 5.44 Å². The molecule has 0 bridgehead atoms. The summed E-state index contributed by atoms with van der Waals surface area (Å²) in [4.78, 5) is 0. The van der Waals surface area contributed by atoms with Crippen LogP contribution in [0, 0.1) is 0 Å². The molecule has 2 fully saturated rings. The minimum atomic E-state index is -0.0893. The van der Waals surface area contributed by atoms with Crippen molar-refractivity contribution in [1.82, 2.24) is 15.4 Å². The number of aromatic nitrogens is 3. The highest BCUT2D eigenvalue weighted by atomic mass is 31.1. The molecule has 0 saturated carbocycles. The molecule has 2 aliphatic heterocycles. The zero-order valence-corrected chi connectivity index (χ0v) is 14.2. The van der Waals surface area contributed by atoms with Crippen molar-refractivity contribution in [2.75, 3.05) is 0 Å². The molecule has 0 radical (unpaired) electrons. The normalized spacial score (nSPS) is 37.3. The number of aromatic amines is 1. The topological polar surface area (TPSA) is 41.6 Å². The number of nitrogens with zero attached hydrogens (tertiary/aromatic N) is 2. The third-order valence-corrected chi connectivity index (χ3v) is 11.6. The second-order valence-electron chi connectivity index (χ2n) is 6.35. The van der Waals surface area contributed by atoms with Gasteiger partial charge in [-0.2, -0.15) is 0 Å². The fourth-order valence-corrected chi connectivity index (χ4v) is 10.5. The van der Waals surface area contributed by atoms with Gasteiger partial charge in [-0.1, -0.05) is 32.9 Å². The lowest BCUT2D eigenvalue weighted by Crippen LogP contribution is -2.29. The van der Waals surface area contributed by atoms with E-state index in [0.29, 0.717) is 0 Å². The van der Waals surface area contributed by atoms with E-state index in [0.717, 1.165) is 22.6 Å². The van der Waals surface area contributed by atoms with Gasteiger partial charge in [0.25, 0.3) is 0 Å². The number of rotatable bonds is 2. The van der Waals surface area contributed by atoms with Crippen molar-refractivity contribution < 1.29 is 0 Å². The van der Waals surface area contributed by atoms with Crippen LogP contribution in [0.25, 0.3) is 0 Å². The molecule has 19 heavy (non-hydrogen) atoms. The predicted molar refractivity (Wildman–Crippen MR) is 85.8 cm³/mol. The van der Waals surface area contributed by atoms with Gasteiger partial charge in [-0.3, -0.25) is 5.10 Å². The van der Waals surface area contributed by atoms with Crippen molar-refractivity contribution in [2.24, 2.45) is 0 Å². The quantitative estimate of drug-likeness (QED) is 0.852. The first-order chi connectivity index (χ1) is 9.09. The standard InChI is InChI=1S/C14H25N3P2/c1-9-5-6-10(2)18(9)13-14(16-17-15-13)19-11(3)7-8-12(19)4/h9-12H,5-8H2,1-4H3,(H,15,16,17)/t9-,10-,11-,12-/m1/s1. The molecule has 0 spiro atoms. The average molecular weight is 297 g/mol. The van der Waals surface area contributed by atoms with Gasteiger partial charge in [0, 0.05) is 0 Å². The summed E-state index contributed by atoms with van der Waals surface area (Å²) in [5, 5.41) is 12.1. The maximum Gasteiger partial charge on any atom is 0.113 e. The lowest BCUT2D eigenvalue weighted by molar-refractivity contribution is 0.777. The van der Waals surface area contributed by atoms with E-state index in [1.165, 1.54) is 36.6 Å². The van der Waals surface area contributed by atoms with E-state index in [-0.39, 0.29) is 15.8 Å². The van der Waals surface area contributed by atoms with Crippen LogP contribution < -0.4 is 10.9 Å². The van der Waals surface area contributed by atoms with E-state index in [1.54, 1.807) is 0 Å². The molecule has 0 amide bonds. The lowest BCUT2D eigenvalue weighted by atomic mass is 10.2. The van der Waals surface area contributed by atoms with Crippen molar-refractivity contribution in [3.63, 3.8) is 0 Å². The zero-order valence-electron chi connectivity index (χ0n) is 12.4. The first kappa shape index (κ1) is 14.0. The maximum atomic E-state index is 4.55. The molecule has 1 aromatic heterocycles. The van der Waals surface area contributed by atoms with Crippen LogP contribution >= 0.6 is 15.8 Å². The number of hydrogen-bond donors (Lipinski definition) is 1. The Morgan fingerprint density at radius 3 is 1.84 bits per heavy atom. The third kappa shape index (κ3) is 2.38. The minimum Gasteiger partial charge on any atom is -0.257 e. The van der Waals surface area contributed by atoms with E-state index < -0.39 is 0 Å². The van der Waals surface area contributed by atoms with Gasteiger partial charge in [-0.25, -0.2) is 0 Å². The maximum absolute atomic E-state index is 4.55. The Morgan fingerprint density at radius 1 is 0.842 bits per heavy atom. The largest absolute Gasteiger partial charge is 0.257 e. The number of H-pyrrole nitrogens is 1. The Morgan fingerprint density at radius 2 is 1.32 bits per heavy atom. The lowest BCUT2D eigenvalue weighted by Gasteiger charge is -2.25. The molecule has 106 valence electrons. The van der Waals surface area contributed by atoms with Crippen LogP contribution in [0.4, 0.5) is 0 Å². The number of nitrogens with one attached hydrogen (secondary N) is 1. The fraction of sp³-hybridized carbons (Fsp3) is 0.857. The summed E-state index contributed by atoms with van der Waals surface area (Å²) >= 11 is 0. The third-order valence-electron chi connectivity index (χ3n) is 4.92. The van der Waals surface area contributed by atoms with E-state index in [9.17, 15) is 0 Å². The van der Waals surface area contributed by atoms with E-state index in [4.69, 9.17) is 0 Å². The van der Waals surface area contributed by atoms with Crippen molar-refractivity contribution in [1.29, 1.82) is 0 Å². The second kappa shape index (κ2) is 5.41. The van der Waals surface area contributed by atoms with Crippen molar-refractivity contribution >= 4 is 26.7 Å². The summed E-state index contributed by atoms with van der Waals surface area (Å²) in [5.74, 6) is 0. The summed E-state index contributed by atoms with van der Waals surface area (Å²) in [6.07, 6.45) is 5.52. The molecular formula is C14H25N3P2. The first-order valence-corrected chi connectivity index (χ1v) is 10.5. The van der Waals surface area contributed by atoms with Crippen LogP contribution in [0.2, 0.25) is 0 Å². The van der Waals surface area contributed by atoms with Gasteiger partial charge < -0.3 is 0 Å². The molecule has 4 atom stereocenters. The molecule has 3 rings (SSSR count). The van der Waals surface area contributed by atoms with E-state index in [1.807, 2.05) is 0 Å².